The summed E-state index contributed by atoms with van der Waals surface area (Å²) < 4.78 is 5.36. The molecule has 5 heteroatoms. The minimum Gasteiger partial charge on any atom is -0.496 e. The summed E-state index contributed by atoms with van der Waals surface area (Å²) >= 11 is 7.85. The Hall–Kier alpha value is -1.10. The maximum absolute atomic E-state index is 6.26. The van der Waals surface area contributed by atoms with Gasteiger partial charge in [-0.15, -0.1) is 11.3 Å². The van der Waals surface area contributed by atoms with E-state index >= 15 is 0 Å². The Bertz CT molecular complexity index is 487. The van der Waals surface area contributed by atoms with Gasteiger partial charge >= 0.3 is 0 Å². The number of hydrogen-bond acceptors (Lipinski definition) is 4. The molecule has 0 radical (unpaired) electrons. The second kappa shape index (κ2) is 5.49. The summed E-state index contributed by atoms with van der Waals surface area (Å²) in [6.45, 7) is 0. The maximum atomic E-state index is 6.26. The van der Waals surface area contributed by atoms with Crippen LogP contribution >= 0.6 is 22.9 Å². The van der Waals surface area contributed by atoms with E-state index in [0.29, 0.717) is 5.02 Å². The van der Waals surface area contributed by atoms with E-state index in [0.717, 1.165) is 16.3 Å². The third kappa shape index (κ3) is 2.44. The molecule has 2 rings (SSSR count). The highest BCUT2D eigenvalue weighted by molar-refractivity contribution is 7.09. The van der Waals surface area contributed by atoms with E-state index in [1.807, 2.05) is 30.6 Å². The lowest BCUT2D eigenvalue weighted by atomic mass is 10.1. The zero-order chi connectivity index (χ0) is 12.3. The number of hydrogen-bond donors (Lipinski definition) is 1. The van der Waals surface area contributed by atoms with Crippen molar-refractivity contribution in [3.05, 3.63) is 45.4 Å². The second-order valence-electron chi connectivity index (χ2n) is 3.45. The minimum atomic E-state index is -0.0429. The highest BCUT2D eigenvalue weighted by Gasteiger charge is 2.21. The van der Waals surface area contributed by atoms with Crippen molar-refractivity contribution in [3.63, 3.8) is 0 Å². The number of nitrogens with zero attached hydrogens (tertiary/aromatic N) is 1. The Morgan fingerprint density at radius 3 is 2.88 bits per heavy atom. The van der Waals surface area contributed by atoms with Crippen LogP contribution in [0.2, 0.25) is 5.02 Å². The molecule has 0 aliphatic carbocycles. The van der Waals surface area contributed by atoms with Crippen LogP contribution in [-0.4, -0.2) is 19.1 Å². The molecular weight excluding hydrogens is 256 g/mol. The summed E-state index contributed by atoms with van der Waals surface area (Å²) in [6, 6.07) is 5.59. The monoisotopic (exact) mass is 268 g/mol. The van der Waals surface area contributed by atoms with Gasteiger partial charge in [-0.25, -0.2) is 4.98 Å². The second-order valence-corrected chi connectivity index (χ2v) is 4.78. The first kappa shape index (κ1) is 12.4. The predicted molar refractivity (Wildman–Crippen MR) is 71.0 cm³/mol. The molecule has 1 unspecified atom stereocenters. The minimum absolute atomic E-state index is 0.0429. The normalized spacial score (nSPS) is 12.4. The van der Waals surface area contributed by atoms with Gasteiger partial charge in [0.05, 0.1) is 13.2 Å². The Morgan fingerprint density at radius 2 is 2.29 bits per heavy atom. The summed E-state index contributed by atoms with van der Waals surface area (Å²) in [5.41, 5.74) is 0.925. The van der Waals surface area contributed by atoms with E-state index in [1.54, 1.807) is 24.6 Å². The van der Waals surface area contributed by atoms with Crippen LogP contribution in [0.15, 0.2) is 29.8 Å². The Balaban J connectivity index is 2.50. The number of halogens is 1. The van der Waals surface area contributed by atoms with Gasteiger partial charge in [-0.05, 0) is 19.2 Å². The SMILES string of the molecule is CNC(c1nccs1)c1c(Cl)cccc1OC. The van der Waals surface area contributed by atoms with Crippen molar-refractivity contribution in [2.24, 2.45) is 0 Å². The first-order valence-corrected chi connectivity index (χ1v) is 6.42. The molecule has 0 saturated heterocycles. The quantitative estimate of drug-likeness (QED) is 0.925. The molecule has 0 amide bonds. The number of rotatable bonds is 4. The fourth-order valence-corrected chi connectivity index (χ4v) is 2.77. The molecule has 90 valence electrons. The van der Waals surface area contributed by atoms with E-state index in [-0.39, 0.29) is 6.04 Å². The molecule has 0 bridgehead atoms. The summed E-state index contributed by atoms with van der Waals surface area (Å²) in [7, 11) is 3.53. The fraction of sp³-hybridized carbons (Fsp3) is 0.250. The average Bonchev–Trinajstić information content (AvgIpc) is 2.86. The standard InChI is InChI=1S/C12H13ClN2OS/c1-14-11(12-15-6-7-17-12)10-8(13)4-3-5-9(10)16-2/h3-7,11,14H,1-2H3. The lowest BCUT2D eigenvalue weighted by Crippen LogP contribution is -2.18. The van der Waals surface area contributed by atoms with Crippen molar-refractivity contribution in [3.8, 4) is 5.75 Å². The highest BCUT2D eigenvalue weighted by Crippen LogP contribution is 2.35. The summed E-state index contributed by atoms with van der Waals surface area (Å²) in [5, 5.41) is 6.82. The van der Waals surface area contributed by atoms with Crippen LogP contribution in [0.5, 0.6) is 5.75 Å². The predicted octanol–water partition coefficient (Wildman–Crippen LogP) is 3.11. The van der Waals surface area contributed by atoms with Gasteiger partial charge in [-0.2, -0.15) is 0 Å². The Labute approximate surface area is 109 Å². The molecule has 1 atom stereocenters. The number of thiazole rings is 1. The summed E-state index contributed by atoms with van der Waals surface area (Å²) in [6.07, 6.45) is 1.79. The van der Waals surface area contributed by atoms with E-state index in [1.165, 1.54) is 0 Å². The van der Waals surface area contributed by atoms with Crippen molar-refractivity contribution < 1.29 is 4.74 Å². The smallest absolute Gasteiger partial charge is 0.125 e. The van der Waals surface area contributed by atoms with Gasteiger partial charge in [0.2, 0.25) is 0 Å². The van der Waals surface area contributed by atoms with Crippen LogP contribution in [0.4, 0.5) is 0 Å². The third-order valence-corrected chi connectivity index (χ3v) is 3.68. The zero-order valence-electron chi connectivity index (χ0n) is 9.61. The molecule has 17 heavy (non-hydrogen) atoms. The summed E-state index contributed by atoms with van der Waals surface area (Å²) in [5.74, 6) is 0.770. The number of ether oxygens (including phenoxy) is 1. The first-order chi connectivity index (χ1) is 8.27. The number of benzene rings is 1. The van der Waals surface area contributed by atoms with E-state index in [2.05, 4.69) is 10.3 Å². The van der Waals surface area contributed by atoms with Crippen LogP contribution in [-0.2, 0) is 0 Å². The van der Waals surface area contributed by atoms with Crippen LogP contribution in [0.1, 0.15) is 16.6 Å². The molecule has 0 spiro atoms. The van der Waals surface area contributed by atoms with Crippen molar-refractivity contribution in [2.45, 2.75) is 6.04 Å². The molecule has 0 aliphatic heterocycles. The fourth-order valence-electron chi connectivity index (χ4n) is 1.74. The Morgan fingerprint density at radius 1 is 1.47 bits per heavy atom. The van der Waals surface area contributed by atoms with Crippen LogP contribution in [0.3, 0.4) is 0 Å². The third-order valence-electron chi connectivity index (χ3n) is 2.51. The van der Waals surface area contributed by atoms with E-state index in [9.17, 15) is 0 Å². The zero-order valence-corrected chi connectivity index (χ0v) is 11.2. The van der Waals surface area contributed by atoms with Crippen molar-refractivity contribution in [1.29, 1.82) is 0 Å². The molecule has 1 N–H and O–H groups in total. The van der Waals surface area contributed by atoms with Gasteiger partial charge in [-0.1, -0.05) is 17.7 Å². The molecular formula is C12H13ClN2OS. The summed E-state index contributed by atoms with van der Waals surface area (Å²) in [4.78, 5) is 4.32. The van der Waals surface area contributed by atoms with E-state index < -0.39 is 0 Å². The lowest BCUT2D eigenvalue weighted by Gasteiger charge is -2.18. The lowest BCUT2D eigenvalue weighted by molar-refractivity contribution is 0.405. The van der Waals surface area contributed by atoms with Gasteiger partial charge in [0.25, 0.3) is 0 Å². The molecule has 1 aromatic carbocycles. The van der Waals surface area contributed by atoms with Crippen LogP contribution in [0, 0.1) is 0 Å². The molecule has 0 fully saturated rings. The highest BCUT2D eigenvalue weighted by atomic mass is 35.5. The Kier molecular flexibility index (Phi) is 3.99. The van der Waals surface area contributed by atoms with Gasteiger partial charge in [0.15, 0.2) is 0 Å². The van der Waals surface area contributed by atoms with Gasteiger partial charge in [-0.3, -0.25) is 0 Å². The maximum Gasteiger partial charge on any atom is 0.125 e. The topological polar surface area (TPSA) is 34.2 Å². The molecule has 2 aromatic rings. The van der Waals surface area contributed by atoms with Crippen LogP contribution < -0.4 is 10.1 Å². The number of aromatic nitrogens is 1. The van der Waals surface area contributed by atoms with Gasteiger partial charge in [0, 0.05) is 22.2 Å². The van der Waals surface area contributed by atoms with Gasteiger partial charge in [0.1, 0.15) is 10.8 Å². The molecule has 3 nitrogen and oxygen atoms in total. The van der Waals surface area contributed by atoms with Crippen molar-refractivity contribution in [1.82, 2.24) is 10.3 Å². The van der Waals surface area contributed by atoms with E-state index in [4.69, 9.17) is 16.3 Å². The molecule has 1 aromatic heterocycles. The largest absolute Gasteiger partial charge is 0.496 e. The number of methoxy groups -OCH3 is 1. The van der Waals surface area contributed by atoms with Crippen molar-refractivity contribution >= 4 is 22.9 Å². The van der Waals surface area contributed by atoms with Gasteiger partial charge < -0.3 is 10.1 Å². The first-order valence-electron chi connectivity index (χ1n) is 5.17. The van der Waals surface area contributed by atoms with Crippen LogP contribution in [0.25, 0.3) is 0 Å². The number of nitrogens with one attached hydrogen (secondary N) is 1. The van der Waals surface area contributed by atoms with Crippen molar-refractivity contribution in [2.75, 3.05) is 14.2 Å². The molecule has 0 aliphatic rings. The average molecular weight is 269 g/mol. The molecule has 0 saturated carbocycles. The molecule has 1 heterocycles.